The molecule has 0 aromatic rings. The van der Waals surface area contributed by atoms with Gasteiger partial charge < -0.3 is 15.3 Å². The molecule has 0 aliphatic carbocycles. The van der Waals surface area contributed by atoms with Crippen LogP contribution in [-0.2, 0) is 9.59 Å². The number of rotatable bonds is 0. The number of hydrogen-bond donors (Lipinski definition) is 4. The number of carbonyl (C=O) groups excluding carboxylic acids is 2. The normalized spacial score (nSPS) is 34.7. The van der Waals surface area contributed by atoms with Gasteiger partial charge in [0.25, 0.3) is 11.8 Å². The molecular formula is C6H9NO5. The summed E-state index contributed by atoms with van der Waals surface area (Å²) in [5, 5.41) is 28.7. The molecule has 1 heterocycles. The van der Waals surface area contributed by atoms with E-state index in [4.69, 9.17) is 10.2 Å². The first-order valence-electron chi connectivity index (χ1n) is 3.29. The van der Waals surface area contributed by atoms with Crippen molar-refractivity contribution in [2.75, 3.05) is 0 Å². The molecule has 0 aromatic heterocycles. The Morgan fingerprint density at radius 3 is 2.17 bits per heavy atom. The van der Waals surface area contributed by atoms with E-state index in [9.17, 15) is 14.7 Å². The number of amides is 2. The van der Waals surface area contributed by atoms with Gasteiger partial charge in [0.15, 0.2) is 0 Å². The number of nitrogens with one attached hydrogen (secondary N) is 1. The Hall–Kier alpha value is -0.980. The first-order valence-corrected chi connectivity index (χ1v) is 3.29. The van der Waals surface area contributed by atoms with E-state index in [-0.39, 0.29) is 0 Å². The largest absolute Gasteiger partial charge is 0.380 e. The summed E-state index contributed by atoms with van der Waals surface area (Å²) in [6, 6.07) is 0. The molecule has 12 heavy (non-hydrogen) atoms. The minimum Gasteiger partial charge on any atom is -0.380 e. The van der Waals surface area contributed by atoms with Crippen molar-refractivity contribution in [3.8, 4) is 0 Å². The summed E-state index contributed by atoms with van der Waals surface area (Å²) in [5.74, 6) is -4.80. The molecule has 1 unspecified atom stereocenters. The van der Waals surface area contributed by atoms with E-state index in [0.29, 0.717) is 0 Å². The summed E-state index contributed by atoms with van der Waals surface area (Å²) < 4.78 is 0. The maximum atomic E-state index is 10.8. The average Bonchev–Trinajstić information content (AvgIpc) is 1.82. The molecule has 0 bridgehead atoms. The molecule has 0 aromatic carbocycles. The Balaban J connectivity index is 2.93. The Morgan fingerprint density at radius 1 is 1.25 bits per heavy atom. The molecule has 4 N–H and O–H groups in total. The van der Waals surface area contributed by atoms with Crippen LogP contribution in [0.2, 0.25) is 0 Å². The summed E-state index contributed by atoms with van der Waals surface area (Å²) in [6.45, 7) is 1.09. The van der Waals surface area contributed by atoms with Crippen LogP contribution in [0.4, 0.5) is 0 Å². The summed E-state index contributed by atoms with van der Waals surface area (Å²) in [4.78, 5) is 21.5. The molecule has 0 radical (unpaired) electrons. The highest BCUT2D eigenvalue weighted by atomic mass is 16.5. The number of imide groups is 1. The van der Waals surface area contributed by atoms with Crippen molar-refractivity contribution >= 4 is 11.8 Å². The highest BCUT2D eigenvalue weighted by Crippen LogP contribution is 2.23. The molecule has 1 saturated heterocycles. The Morgan fingerprint density at radius 2 is 1.75 bits per heavy atom. The van der Waals surface area contributed by atoms with Crippen molar-refractivity contribution in [3.63, 3.8) is 0 Å². The van der Waals surface area contributed by atoms with E-state index in [2.05, 4.69) is 0 Å². The number of carbonyl (C=O) groups is 2. The van der Waals surface area contributed by atoms with Crippen LogP contribution in [0, 0.1) is 0 Å². The zero-order chi connectivity index (χ0) is 9.57. The number of hydrogen-bond acceptors (Lipinski definition) is 5. The zero-order valence-corrected chi connectivity index (χ0v) is 6.37. The second-order valence-corrected chi connectivity index (χ2v) is 3.05. The monoisotopic (exact) mass is 175 g/mol. The summed E-state index contributed by atoms with van der Waals surface area (Å²) in [6.07, 6.45) is -0.718. The molecule has 1 atom stereocenters. The Labute approximate surface area is 67.8 Å². The van der Waals surface area contributed by atoms with Gasteiger partial charge in [-0.15, -0.1) is 0 Å². The van der Waals surface area contributed by atoms with E-state index in [0.717, 1.165) is 6.92 Å². The topological polar surface area (TPSA) is 107 Å². The van der Waals surface area contributed by atoms with Gasteiger partial charge in [0, 0.05) is 6.42 Å². The van der Waals surface area contributed by atoms with Crippen molar-refractivity contribution in [2.24, 2.45) is 0 Å². The minimum atomic E-state index is -2.67. The van der Waals surface area contributed by atoms with E-state index < -0.39 is 29.6 Å². The third kappa shape index (κ3) is 1.31. The molecular weight excluding hydrogens is 166 g/mol. The molecule has 1 fully saturated rings. The fourth-order valence-electron chi connectivity index (χ4n) is 0.978. The van der Waals surface area contributed by atoms with E-state index in [1.54, 1.807) is 5.32 Å². The lowest BCUT2D eigenvalue weighted by molar-refractivity contribution is -0.214. The maximum Gasteiger partial charge on any atom is 0.286 e. The minimum absolute atomic E-state index is 0.718. The number of aliphatic hydroxyl groups is 3. The quantitative estimate of drug-likeness (QED) is 0.240. The lowest BCUT2D eigenvalue weighted by Crippen LogP contribution is -2.64. The van der Waals surface area contributed by atoms with Crippen molar-refractivity contribution < 1.29 is 24.9 Å². The fourth-order valence-corrected chi connectivity index (χ4v) is 0.978. The number of piperidine rings is 1. The van der Waals surface area contributed by atoms with Crippen LogP contribution >= 0.6 is 0 Å². The van der Waals surface area contributed by atoms with E-state index in [1.165, 1.54) is 0 Å². The standard InChI is InChI=1S/C6H9NO5/c1-5(10)2-6(11,12)4(9)7-3(5)8/h10-12H,2H2,1H3,(H,7,8,9). The van der Waals surface area contributed by atoms with Crippen LogP contribution in [-0.4, -0.2) is 38.5 Å². The van der Waals surface area contributed by atoms with Gasteiger partial charge in [-0.2, -0.15) is 0 Å². The molecule has 68 valence electrons. The summed E-state index contributed by atoms with van der Waals surface area (Å²) in [5.41, 5.74) is -1.92. The molecule has 0 saturated carbocycles. The maximum absolute atomic E-state index is 10.8. The molecule has 2 amide bonds. The first-order chi connectivity index (χ1) is 5.26. The van der Waals surface area contributed by atoms with Gasteiger partial charge in [-0.1, -0.05) is 0 Å². The zero-order valence-electron chi connectivity index (χ0n) is 6.37. The predicted molar refractivity (Wildman–Crippen MR) is 35.6 cm³/mol. The van der Waals surface area contributed by atoms with Crippen molar-refractivity contribution in [1.82, 2.24) is 5.32 Å². The second kappa shape index (κ2) is 2.25. The van der Waals surface area contributed by atoms with Crippen molar-refractivity contribution in [3.05, 3.63) is 0 Å². The van der Waals surface area contributed by atoms with Gasteiger partial charge in [-0.3, -0.25) is 14.9 Å². The third-order valence-corrected chi connectivity index (χ3v) is 1.67. The van der Waals surface area contributed by atoms with Crippen molar-refractivity contribution in [2.45, 2.75) is 24.7 Å². The van der Waals surface area contributed by atoms with Crippen molar-refractivity contribution in [1.29, 1.82) is 0 Å². The Kier molecular flexibility index (Phi) is 1.71. The molecule has 1 aliphatic rings. The fraction of sp³-hybridized carbons (Fsp3) is 0.667. The van der Waals surface area contributed by atoms with Crippen LogP contribution in [0.25, 0.3) is 0 Å². The van der Waals surface area contributed by atoms with Crippen LogP contribution in [0.15, 0.2) is 0 Å². The van der Waals surface area contributed by atoms with Crippen LogP contribution in [0.3, 0.4) is 0 Å². The smallest absolute Gasteiger partial charge is 0.286 e. The van der Waals surface area contributed by atoms with Gasteiger partial charge in [0.05, 0.1) is 0 Å². The van der Waals surface area contributed by atoms with Gasteiger partial charge in [-0.25, -0.2) is 0 Å². The van der Waals surface area contributed by atoms with Crippen LogP contribution in [0.5, 0.6) is 0 Å². The first kappa shape index (κ1) is 9.11. The molecule has 1 aliphatic heterocycles. The van der Waals surface area contributed by atoms with Crippen LogP contribution < -0.4 is 5.32 Å². The molecule has 6 nitrogen and oxygen atoms in total. The average molecular weight is 175 g/mol. The SMILES string of the molecule is CC1(O)CC(O)(O)C(=O)NC1=O. The predicted octanol–water partition coefficient (Wildman–Crippen LogP) is -2.54. The lowest BCUT2D eigenvalue weighted by atomic mass is 9.91. The summed E-state index contributed by atoms with van der Waals surface area (Å²) >= 11 is 0. The lowest BCUT2D eigenvalue weighted by Gasteiger charge is -2.34. The van der Waals surface area contributed by atoms with E-state index >= 15 is 0 Å². The van der Waals surface area contributed by atoms with Gasteiger partial charge >= 0.3 is 0 Å². The third-order valence-electron chi connectivity index (χ3n) is 1.67. The van der Waals surface area contributed by atoms with E-state index in [1.807, 2.05) is 0 Å². The molecule has 1 rings (SSSR count). The van der Waals surface area contributed by atoms with Gasteiger partial charge in [-0.05, 0) is 6.92 Å². The summed E-state index contributed by atoms with van der Waals surface area (Å²) in [7, 11) is 0. The molecule has 0 spiro atoms. The van der Waals surface area contributed by atoms with Gasteiger partial charge in [0.2, 0.25) is 5.79 Å². The highest BCUT2D eigenvalue weighted by molar-refractivity contribution is 6.04. The highest BCUT2D eigenvalue weighted by Gasteiger charge is 2.50. The second-order valence-electron chi connectivity index (χ2n) is 3.05. The molecule has 6 heteroatoms. The van der Waals surface area contributed by atoms with Crippen LogP contribution in [0.1, 0.15) is 13.3 Å². The Bertz CT molecular complexity index is 220. The van der Waals surface area contributed by atoms with Gasteiger partial charge in [0.1, 0.15) is 5.60 Å².